The molecule has 57 heavy (non-hydrogen) atoms. The monoisotopic (exact) mass is 747 g/mol. The van der Waals surface area contributed by atoms with Gasteiger partial charge in [-0.3, -0.25) is 0 Å². The first-order valence-electron chi connectivity index (χ1n) is 21.3. The van der Waals surface area contributed by atoms with E-state index in [2.05, 4.69) is 158 Å². The van der Waals surface area contributed by atoms with E-state index in [0.29, 0.717) is 5.56 Å². The number of nitrogens with zero attached hydrogens (tertiary/aromatic N) is 1. The van der Waals surface area contributed by atoms with Crippen LogP contribution in [0.1, 0.15) is 27.7 Å². The number of anilines is 3. The zero-order valence-corrected chi connectivity index (χ0v) is 31.7. The SMILES string of the molecule is [2H]c1c([2H])c(N(c2ccc(-c3cccc4c3sc3ccccc34)cc2)c2ccc3c(c2)C(c2ccccc2)(c2ccccc2)c2ccccc2-3)c([2H])c([2H])c1-c1ccccc1. The van der Waals surface area contributed by atoms with E-state index >= 15 is 0 Å². The topological polar surface area (TPSA) is 3.24 Å². The van der Waals surface area contributed by atoms with Gasteiger partial charge in [0.2, 0.25) is 0 Å². The Morgan fingerprint density at radius 3 is 1.70 bits per heavy atom. The number of fused-ring (bicyclic) bond motifs is 6. The summed E-state index contributed by atoms with van der Waals surface area (Å²) in [6, 6.07) is 68.5. The lowest BCUT2D eigenvalue weighted by Crippen LogP contribution is -2.28. The summed E-state index contributed by atoms with van der Waals surface area (Å²) in [7, 11) is 0. The zero-order valence-electron chi connectivity index (χ0n) is 34.9. The molecule has 0 saturated carbocycles. The van der Waals surface area contributed by atoms with Crippen molar-refractivity contribution in [2.24, 2.45) is 0 Å². The summed E-state index contributed by atoms with van der Waals surface area (Å²) in [6.07, 6.45) is 0. The largest absolute Gasteiger partial charge is 0.310 e. The standard InChI is InChI=1S/C55H37NS/c1-4-15-38(16-5-1)39-27-31-43(32-28-39)56(44-33-29-40(30-34-44)46-23-14-24-50-49-22-11-13-26-53(49)57-54(46)50)45-35-36-48-47-21-10-12-25-51(47)55(52(48)37-45,41-17-6-2-7-18-41)42-19-8-3-9-20-42/h1-37H/i27D,28D,31D,32D. The Morgan fingerprint density at radius 1 is 0.386 bits per heavy atom. The fraction of sp³-hybridized carbons (Fsp3) is 0.0182. The van der Waals surface area contributed by atoms with Crippen LogP contribution in [-0.2, 0) is 5.41 Å². The smallest absolute Gasteiger partial charge is 0.0714 e. The number of rotatable bonds is 7. The fourth-order valence-electron chi connectivity index (χ4n) is 8.91. The Hall–Kier alpha value is -7.00. The van der Waals surface area contributed by atoms with Crippen molar-refractivity contribution in [2.45, 2.75) is 5.41 Å². The number of hydrogen-bond donors (Lipinski definition) is 0. The lowest BCUT2D eigenvalue weighted by Gasteiger charge is -2.35. The van der Waals surface area contributed by atoms with Crippen LogP contribution in [0.2, 0.25) is 0 Å². The maximum Gasteiger partial charge on any atom is 0.0714 e. The molecule has 0 bridgehead atoms. The fourth-order valence-corrected chi connectivity index (χ4v) is 10.1. The van der Waals surface area contributed by atoms with Crippen molar-refractivity contribution in [1.29, 1.82) is 0 Å². The minimum Gasteiger partial charge on any atom is -0.310 e. The van der Waals surface area contributed by atoms with Gasteiger partial charge >= 0.3 is 0 Å². The summed E-state index contributed by atoms with van der Waals surface area (Å²) in [5.41, 5.74) is 10.9. The van der Waals surface area contributed by atoms with Crippen LogP contribution in [0.25, 0.3) is 53.6 Å². The summed E-state index contributed by atoms with van der Waals surface area (Å²) in [5, 5.41) is 2.47. The molecule has 1 aliphatic rings. The molecule has 1 aromatic heterocycles. The van der Waals surface area contributed by atoms with Gasteiger partial charge in [-0.25, -0.2) is 0 Å². The van der Waals surface area contributed by atoms with Crippen LogP contribution in [0.15, 0.2) is 224 Å². The van der Waals surface area contributed by atoms with Gasteiger partial charge in [-0.1, -0.05) is 182 Å². The van der Waals surface area contributed by atoms with Crippen molar-refractivity contribution in [3.63, 3.8) is 0 Å². The van der Waals surface area contributed by atoms with Crippen molar-refractivity contribution >= 4 is 48.6 Å². The second-order valence-electron chi connectivity index (χ2n) is 14.5. The van der Waals surface area contributed by atoms with Crippen molar-refractivity contribution in [1.82, 2.24) is 0 Å². The van der Waals surface area contributed by atoms with Crippen molar-refractivity contribution in [3.05, 3.63) is 247 Å². The average Bonchev–Trinajstić information content (AvgIpc) is 3.85. The molecule has 1 nitrogen and oxygen atoms in total. The van der Waals surface area contributed by atoms with E-state index in [0.717, 1.165) is 50.3 Å². The lowest BCUT2D eigenvalue weighted by molar-refractivity contribution is 0.768. The molecule has 1 aliphatic carbocycles. The Bertz CT molecular complexity index is 3220. The molecule has 0 radical (unpaired) electrons. The van der Waals surface area contributed by atoms with Crippen LogP contribution in [0, 0.1) is 0 Å². The minimum absolute atomic E-state index is 0.0863. The van der Waals surface area contributed by atoms with Crippen molar-refractivity contribution in [2.75, 3.05) is 4.90 Å². The van der Waals surface area contributed by atoms with E-state index in [1.807, 2.05) is 47.4 Å². The highest BCUT2D eigenvalue weighted by Gasteiger charge is 2.46. The van der Waals surface area contributed by atoms with Crippen LogP contribution < -0.4 is 4.90 Å². The molecule has 1 heterocycles. The van der Waals surface area contributed by atoms with Crippen LogP contribution in [-0.4, -0.2) is 0 Å². The summed E-state index contributed by atoms with van der Waals surface area (Å²) in [5.74, 6) is 0. The second-order valence-corrected chi connectivity index (χ2v) is 15.6. The van der Waals surface area contributed by atoms with Gasteiger partial charge in [0, 0.05) is 37.2 Å². The van der Waals surface area contributed by atoms with Gasteiger partial charge in [0.1, 0.15) is 0 Å². The van der Waals surface area contributed by atoms with E-state index < -0.39 is 5.41 Å². The molecule has 0 amide bonds. The quantitative estimate of drug-likeness (QED) is 0.157. The Morgan fingerprint density at radius 2 is 0.965 bits per heavy atom. The predicted molar refractivity (Wildman–Crippen MR) is 242 cm³/mol. The third-order valence-electron chi connectivity index (χ3n) is 11.4. The van der Waals surface area contributed by atoms with Gasteiger partial charge in [0.15, 0.2) is 0 Å². The molecule has 10 aromatic rings. The maximum absolute atomic E-state index is 9.65. The van der Waals surface area contributed by atoms with Crippen LogP contribution in [0.5, 0.6) is 0 Å². The maximum atomic E-state index is 9.65. The summed E-state index contributed by atoms with van der Waals surface area (Å²) in [6.45, 7) is 0. The molecule has 9 aromatic carbocycles. The number of benzene rings is 9. The predicted octanol–water partition coefficient (Wildman–Crippen LogP) is 15.2. The molecule has 11 rings (SSSR count). The lowest BCUT2D eigenvalue weighted by atomic mass is 9.67. The number of hydrogen-bond acceptors (Lipinski definition) is 2. The van der Waals surface area contributed by atoms with Crippen LogP contribution in [0.3, 0.4) is 0 Å². The van der Waals surface area contributed by atoms with Gasteiger partial charge in [0.25, 0.3) is 0 Å². The molecule has 0 N–H and O–H groups in total. The third-order valence-corrected chi connectivity index (χ3v) is 12.7. The Balaban J connectivity index is 1.16. The third kappa shape index (κ3) is 5.37. The normalized spacial score (nSPS) is 13.7. The van der Waals surface area contributed by atoms with Gasteiger partial charge in [-0.15, -0.1) is 11.3 Å². The average molecular weight is 748 g/mol. The summed E-state index contributed by atoms with van der Waals surface area (Å²) >= 11 is 1.79. The molecule has 0 aliphatic heterocycles. The Labute approximate surface area is 343 Å². The molecule has 2 heteroatoms. The molecule has 0 spiro atoms. The van der Waals surface area contributed by atoms with E-state index in [9.17, 15) is 5.48 Å². The Kier molecular flexibility index (Phi) is 7.01. The van der Waals surface area contributed by atoms with Gasteiger partial charge in [-0.05, 0) is 98.1 Å². The second kappa shape index (κ2) is 13.6. The molecular formula is C55H37NS. The first-order valence-corrected chi connectivity index (χ1v) is 20.1. The van der Waals surface area contributed by atoms with Gasteiger partial charge in [-0.2, -0.15) is 0 Å². The molecule has 268 valence electrons. The van der Waals surface area contributed by atoms with Gasteiger partial charge < -0.3 is 4.90 Å². The highest BCUT2D eigenvalue weighted by Crippen LogP contribution is 2.57. The number of thiophene rings is 1. The van der Waals surface area contributed by atoms with Gasteiger partial charge in [0.05, 0.1) is 10.9 Å². The van der Waals surface area contributed by atoms with Crippen molar-refractivity contribution < 1.29 is 5.48 Å². The zero-order chi connectivity index (χ0) is 41.2. The highest BCUT2D eigenvalue weighted by atomic mass is 32.1. The first kappa shape index (κ1) is 29.3. The summed E-state index contributed by atoms with van der Waals surface area (Å²) < 4.78 is 40.5. The molecule has 0 saturated heterocycles. The van der Waals surface area contributed by atoms with Crippen LogP contribution >= 0.6 is 11.3 Å². The van der Waals surface area contributed by atoms with E-state index in [4.69, 9.17) is 0 Å². The molecular weight excluding hydrogens is 707 g/mol. The van der Waals surface area contributed by atoms with E-state index in [1.54, 1.807) is 11.3 Å². The highest BCUT2D eigenvalue weighted by molar-refractivity contribution is 7.26. The molecule has 0 fully saturated rings. The molecule has 0 atom stereocenters. The first-order chi connectivity index (χ1) is 29.9. The minimum atomic E-state index is -0.672. The van der Waals surface area contributed by atoms with E-state index in [1.165, 1.54) is 25.7 Å². The summed E-state index contributed by atoms with van der Waals surface area (Å²) in [4.78, 5) is 1.92. The van der Waals surface area contributed by atoms with E-state index in [-0.39, 0.29) is 35.4 Å². The van der Waals surface area contributed by atoms with Crippen LogP contribution in [0.4, 0.5) is 17.1 Å². The molecule has 0 unspecified atom stereocenters. The van der Waals surface area contributed by atoms with Crippen molar-refractivity contribution in [3.8, 4) is 33.4 Å².